The van der Waals surface area contributed by atoms with E-state index in [9.17, 15) is 4.79 Å². The van der Waals surface area contributed by atoms with Crippen molar-refractivity contribution in [3.63, 3.8) is 0 Å². The first-order valence-corrected chi connectivity index (χ1v) is 11.5. The van der Waals surface area contributed by atoms with Crippen LogP contribution in [0.15, 0.2) is 83.8 Å². The molecule has 0 unspecified atom stereocenters. The molecule has 0 radical (unpaired) electrons. The Labute approximate surface area is 183 Å². The van der Waals surface area contributed by atoms with Crippen LogP contribution < -0.4 is 4.90 Å². The van der Waals surface area contributed by atoms with Gasteiger partial charge in [0.2, 0.25) is 5.91 Å². The SMILES string of the molecule is O=C(CCSc1ccc(Cl)cc1)N(Cc1ccccc1)c1nc2ccccc2s1. The molecule has 0 aliphatic carbocycles. The molecule has 1 aromatic heterocycles. The maximum Gasteiger partial charge on any atom is 0.229 e. The van der Waals surface area contributed by atoms with Gasteiger partial charge in [-0.05, 0) is 42.0 Å². The van der Waals surface area contributed by atoms with Gasteiger partial charge < -0.3 is 0 Å². The molecule has 0 saturated carbocycles. The number of carbonyl (C=O) groups excluding carboxylic acids is 1. The Morgan fingerprint density at radius 2 is 1.69 bits per heavy atom. The fourth-order valence-corrected chi connectivity index (χ4v) is 4.87. The Bertz CT molecular complexity index is 1060. The summed E-state index contributed by atoms with van der Waals surface area (Å²) in [7, 11) is 0. The molecule has 146 valence electrons. The molecule has 1 heterocycles. The first kappa shape index (κ1) is 20.0. The molecular formula is C23H19ClN2OS2. The van der Waals surface area contributed by atoms with Crippen LogP contribution in [0.5, 0.6) is 0 Å². The highest BCUT2D eigenvalue weighted by molar-refractivity contribution is 7.99. The molecule has 4 rings (SSSR count). The van der Waals surface area contributed by atoms with Crippen LogP contribution in [-0.2, 0) is 11.3 Å². The van der Waals surface area contributed by atoms with E-state index in [4.69, 9.17) is 16.6 Å². The molecule has 3 nitrogen and oxygen atoms in total. The number of aromatic nitrogens is 1. The second-order valence-electron chi connectivity index (χ2n) is 6.48. The molecule has 0 saturated heterocycles. The first-order chi connectivity index (χ1) is 14.2. The van der Waals surface area contributed by atoms with Crippen molar-refractivity contribution in [1.82, 2.24) is 4.98 Å². The zero-order valence-corrected chi connectivity index (χ0v) is 18.0. The van der Waals surface area contributed by atoms with Gasteiger partial charge in [0.15, 0.2) is 5.13 Å². The zero-order valence-electron chi connectivity index (χ0n) is 15.6. The van der Waals surface area contributed by atoms with Gasteiger partial charge in [-0.25, -0.2) is 4.98 Å². The van der Waals surface area contributed by atoms with E-state index in [1.54, 1.807) is 23.1 Å². The number of carbonyl (C=O) groups is 1. The lowest BCUT2D eigenvalue weighted by atomic mass is 10.2. The summed E-state index contributed by atoms with van der Waals surface area (Å²) in [5, 5.41) is 1.46. The minimum Gasteiger partial charge on any atom is -0.284 e. The molecular weight excluding hydrogens is 420 g/mol. The summed E-state index contributed by atoms with van der Waals surface area (Å²) < 4.78 is 1.09. The van der Waals surface area contributed by atoms with Crippen LogP contribution in [-0.4, -0.2) is 16.6 Å². The van der Waals surface area contributed by atoms with E-state index in [0.717, 1.165) is 30.8 Å². The van der Waals surface area contributed by atoms with Crippen LogP contribution in [0.2, 0.25) is 5.02 Å². The monoisotopic (exact) mass is 438 g/mol. The number of halogens is 1. The molecule has 0 aliphatic heterocycles. The molecule has 29 heavy (non-hydrogen) atoms. The van der Waals surface area contributed by atoms with Gasteiger partial charge in [-0.3, -0.25) is 9.69 Å². The van der Waals surface area contributed by atoms with Crippen LogP contribution in [0, 0.1) is 0 Å². The highest BCUT2D eigenvalue weighted by atomic mass is 35.5. The van der Waals surface area contributed by atoms with Crippen molar-refractivity contribution in [3.05, 3.63) is 89.4 Å². The minimum atomic E-state index is 0.0781. The molecule has 0 N–H and O–H groups in total. The zero-order chi connectivity index (χ0) is 20.1. The number of para-hydroxylation sites is 1. The minimum absolute atomic E-state index is 0.0781. The van der Waals surface area contributed by atoms with E-state index in [1.807, 2.05) is 83.8 Å². The molecule has 0 bridgehead atoms. The number of thioether (sulfide) groups is 1. The molecule has 6 heteroatoms. The number of amides is 1. The van der Waals surface area contributed by atoms with Crippen molar-refractivity contribution in [2.45, 2.75) is 17.9 Å². The van der Waals surface area contributed by atoms with Crippen LogP contribution >= 0.6 is 34.7 Å². The Balaban J connectivity index is 1.50. The molecule has 0 aliphatic rings. The Kier molecular flexibility index (Phi) is 6.49. The lowest BCUT2D eigenvalue weighted by Gasteiger charge is -2.20. The van der Waals surface area contributed by atoms with Crippen LogP contribution in [0.25, 0.3) is 10.2 Å². The van der Waals surface area contributed by atoms with E-state index in [-0.39, 0.29) is 5.91 Å². The number of hydrogen-bond acceptors (Lipinski definition) is 4. The molecule has 1 amide bonds. The molecule has 3 aromatic carbocycles. The lowest BCUT2D eigenvalue weighted by Crippen LogP contribution is -2.30. The average Bonchev–Trinajstić information content (AvgIpc) is 3.18. The first-order valence-electron chi connectivity index (χ1n) is 9.27. The number of rotatable bonds is 7. The number of thiazole rings is 1. The van der Waals surface area contributed by atoms with Gasteiger partial charge in [0, 0.05) is 22.1 Å². The van der Waals surface area contributed by atoms with Gasteiger partial charge in [0.1, 0.15) is 0 Å². The third kappa shape index (κ3) is 5.18. The fraction of sp³-hybridized carbons (Fsp3) is 0.130. The Hall–Kier alpha value is -2.34. The summed E-state index contributed by atoms with van der Waals surface area (Å²) >= 11 is 9.16. The van der Waals surface area contributed by atoms with Gasteiger partial charge in [0.25, 0.3) is 0 Å². The van der Waals surface area contributed by atoms with Crippen molar-refractivity contribution < 1.29 is 4.79 Å². The summed E-state index contributed by atoms with van der Waals surface area (Å²) in [5.41, 5.74) is 2.01. The summed E-state index contributed by atoms with van der Waals surface area (Å²) in [6, 6.07) is 25.7. The quantitative estimate of drug-likeness (QED) is 0.302. The fourth-order valence-electron chi connectivity index (χ4n) is 2.93. The Morgan fingerprint density at radius 3 is 2.45 bits per heavy atom. The number of fused-ring (bicyclic) bond motifs is 1. The van der Waals surface area contributed by atoms with Crippen LogP contribution in [0.1, 0.15) is 12.0 Å². The maximum atomic E-state index is 13.1. The van der Waals surface area contributed by atoms with Crippen LogP contribution in [0.3, 0.4) is 0 Å². The predicted octanol–water partition coefficient (Wildman–Crippen LogP) is 6.67. The second-order valence-corrected chi connectivity index (χ2v) is 9.10. The van der Waals surface area contributed by atoms with E-state index in [1.165, 1.54) is 0 Å². The number of hydrogen-bond donors (Lipinski definition) is 0. The lowest BCUT2D eigenvalue weighted by molar-refractivity contribution is -0.118. The highest BCUT2D eigenvalue weighted by Gasteiger charge is 2.20. The molecule has 0 fully saturated rings. The number of nitrogens with zero attached hydrogens (tertiary/aromatic N) is 2. The van der Waals surface area contributed by atoms with Crippen LogP contribution in [0.4, 0.5) is 5.13 Å². The third-order valence-electron chi connectivity index (χ3n) is 4.40. The van der Waals surface area contributed by atoms with E-state index >= 15 is 0 Å². The average molecular weight is 439 g/mol. The van der Waals surface area contributed by atoms with Gasteiger partial charge in [-0.1, -0.05) is 65.4 Å². The van der Waals surface area contributed by atoms with E-state index in [0.29, 0.717) is 18.7 Å². The van der Waals surface area contributed by atoms with Gasteiger partial charge >= 0.3 is 0 Å². The van der Waals surface area contributed by atoms with Gasteiger partial charge in [0.05, 0.1) is 16.8 Å². The van der Waals surface area contributed by atoms with Gasteiger partial charge in [-0.15, -0.1) is 11.8 Å². The van der Waals surface area contributed by atoms with Crippen molar-refractivity contribution >= 4 is 56.0 Å². The highest BCUT2D eigenvalue weighted by Crippen LogP contribution is 2.30. The summed E-state index contributed by atoms with van der Waals surface area (Å²) in [5.74, 6) is 0.783. The normalized spacial score (nSPS) is 10.9. The Morgan fingerprint density at radius 1 is 0.966 bits per heavy atom. The molecule has 0 spiro atoms. The van der Waals surface area contributed by atoms with Crippen molar-refractivity contribution in [2.75, 3.05) is 10.7 Å². The maximum absolute atomic E-state index is 13.1. The smallest absolute Gasteiger partial charge is 0.229 e. The second kappa shape index (κ2) is 9.44. The topological polar surface area (TPSA) is 33.2 Å². The molecule has 0 atom stereocenters. The van der Waals surface area contributed by atoms with Crippen molar-refractivity contribution in [1.29, 1.82) is 0 Å². The molecule has 4 aromatic rings. The van der Waals surface area contributed by atoms with Crippen molar-refractivity contribution in [3.8, 4) is 0 Å². The standard InChI is InChI=1S/C23H19ClN2OS2/c24-18-10-12-19(13-11-18)28-15-14-22(27)26(16-17-6-2-1-3-7-17)23-25-20-8-4-5-9-21(20)29-23/h1-13H,14-16H2. The van der Waals surface area contributed by atoms with Crippen molar-refractivity contribution in [2.24, 2.45) is 0 Å². The van der Waals surface area contributed by atoms with Gasteiger partial charge in [-0.2, -0.15) is 0 Å². The summed E-state index contributed by atoms with van der Waals surface area (Å²) in [6.07, 6.45) is 0.441. The number of anilines is 1. The predicted molar refractivity (Wildman–Crippen MR) is 124 cm³/mol. The summed E-state index contributed by atoms with van der Waals surface area (Å²) in [4.78, 5) is 20.8. The summed E-state index contributed by atoms with van der Waals surface area (Å²) in [6.45, 7) is 0.519. The number of benzene rings is 3. The third-order valence-corrected chi connectivity index (χ3v) is 6.72. The largest absolute Gasteiger partial charge is 0.284 e. The van der Waals surface area contributed by atoms with E-state index in [2.05, 4.69) is 0 Å². The van der Waals surface area contributed by atoms with E-state index < -0.39 is 0 Å².